The fourth-order valence-electron chi connectivity index (χ4n) is 1.96. The minimum absolute atomic E-state index is 0.255. The third-order valence-corrected chi connectivity index (χ3v) is 3.55. The van der Waals surface area contributed by atoms with Gasteiger partial charge in [-0.1, -0.05) is 0 Å². The van der Waals surface area contributed by atoms with Gasteiger partial charge < -0.3 is 20.6 Å². The molecule has 1 aromatic heterocycles. The molecule has 0 aliphatic rings. The van der Waals surface area contributed by atoms with E-state index in [1.54, 1.807) is 0 Å². The van der Waals surface area contributed by atoms with Crippen LogP contribution >= 0.6 is 15.9 Å². The first-order chi connectivity index (χ1) is 9.02. The molecule has 0 radical (unpaired) electrons. The van der Waals surface area contributed by atoms with Crippen molar-refractivity contribution >= 4 is 32.8 Å². The maximum Gasteiger partial charge on any atom is 0.320 e. The van der Waals surface area contributed by atoms with E-state index in [0.29, 0.717) is 6.61 Å². The Morgan fingerprint density at radius 2 is 2.32 bits per heavy atom. The Morgan fingerprint density at radius 3 is 2.95 bits per heavy atom. The number of hydrogen-bond donors (Lipinski definition) is 3. The quantitative estimate of drug-likeness (QED) is 0.786. The first kappa shape index (κ1) is 13.9. The van der Waals surface area contributed by atoms with E-state index in [1.165, 1.54) is 0 Å². The summed E-state index contributed by atoms with van der Waals surface area (Å²) in [7, 11) is 0. The molecule has 0 saturated heterocycles. The number of H-pyrrole nitrogens is 1. The molecule has 0 bridgehead atoms. The largest absolute Gasteiger partial charge is 0.494 e. The topological polar surface area (TPSA) is 88.3 Å². The van der Waals surface area contributed by atoms with E-state index < -0.39 is 12.0 Å². The van der Waals surface area contributed by atoms with Crippen molar-refractivity contribution in [1.29, 1.82) is 0 Å². The van der Waals surface area contributed by atoms with E-state index in [-0.39, 0.29) is 6.42 Å². The van der Waals surface area contributed by atoms with Crippen LogP contribution < -0.4 is 10.5 Å². The maximum atomic E-state index is 10.9. The first-order valence-electron chi connectivity index (χ1n) is 5.94. The summed E-state index contributed by atoms with van der Waals surface area (Å²) in [6.45, 7) is 2.50. The van der Waals surface area contributed by atoms with Gasteiger partial charge in [0.05, 0.1) is 11.2 Å². The highest BCUT2D eigenvalue weighted by molar-refractivity contribution is 9.10. The standard InChI is InChI=1S/C13H15BrN2O3/c1-2-19-7-3-4-11-8(5-7)9(12(14)16-11)6-10(15)13(17)18/h3-5,10,16H,2,6,15H2,1H3,(H,17,18). The number of hydrogen-bond acceptors (Lipinski definition) is 3. The van der Waals surface area contributed by atoms with Crippen molar-refractivity contribution in [3.63, 3.8) is 0 Å². The number of benzene rings is 1. The third kappa shape index (κ3) is 2.90. The third-order valence-electron chi connectivity index (χ3n) is 2.88. The molecule has 0 spiro atoms. The molecular weight excluding hydrogens is 312 g/mol. The van der Waals surface area contributed by atoms with Gasteiger partial charge in [0.1, 0.15) is 11.8 Å². The van der Waals surface area contributed by atoms with Crippen LogP contribution in [0.4, 0.5) is 0 Å². The van der Waals surface area contributed by atoms with Gasteiger partial charge in [0.25, 0.3) is 0 Å². The molecule has 2 rings (SSSR count). The number of nitrogens with one attached hydrogen (secondary N) is 1. The number of rotatable bonds is 5. The van der Waals surface area contributed by atoms with Crippen molar-refractivity contribution in [2.24, 2.45) is 5.73 Å². The highest BCUT2D eigenvalue weighted by atomic mass is 79.9. The maximum absolute atomic E-state index is 10.9. The fraction of sp³-hybridized carbons (Fsp3) is 0.308. The van der Waals surface area contributed by atoms with Gasteiger partial charge in [0.2, 0.25) is 0 Å². The van der Waals surface area contributed by atoms with Crippen LogP contribution in [0.5, 0.6) is 5.75 Å². The molecule has 19 heavy (non-hydrogen) atoms. The molecule has 0 amide bonds. The normalized spacial score (nSPS) is 12.6. The van der Waals surface area contributed by atoms with Gasteiger partial charge in [-0.15, -0.1) is 0 Å². The Labute approximate surface area is 118 Å². The molecule has 6 heteroatoms. The number of carbonyl (C=O) groups is 1. The van der Waals surface area contributed by atoms with Gasteiger partial charge in [0.15, 0.2) is 0 Å². The van der Waals surface area contributed by atoms with E-state index in [2.05, 4.69) is 20.9 Å². The number of fused-ring (bicyclic) bond motifs is 1. The number of nitrogens with two attached hydrogens (primary N) is 1. The average molecular weight is 327 g/mol. The summed E-state index contributed by atoms with van der Waals surface area (Å²) in [6.07, 6.45) is 0.255. The summed E-state index contributed by atoms with van der Waals surface area (Å²) in [5.74, 6) is -0.256. The van der Waals surface area contributed by atoms with Crippen molar-refractivity contribution < 1.29 is 14.6 Å². The second-order valence-electron chi connectivity index (χ2n) is 4.21. The van der Waals surface area contributed by atoms with Crippen molar-refractivity contribution in [3.05, 3.63) is 28.4 Å². The van der Waals surface area contributed by atoms with Gasteiger partial charge >= 0.3 is 5.97 Å². The predicted octanol–water partition coefficient (Wildman–Crippen LogP) is 2.28. The number of carboxylic acid groups (broad SMARTS) is 1. The van der Waals surface area contributed by atoms with Crippen molar-refractivity contribution in [2.45, 2.75) is 19.4 Å². The zero-order valence-corrected chi connectivity index (χ0v) is 12.0. The van der Waals surface area contributed by atoms with Gasteiger partial charge in [-0.3, -0.25) is 4.79 Å². The zero-order chi connectivity index (χ0) is 14.0. The van der Waals surface area contributed by atoms with Crippen LogP contribution in [0.2, 0.25) is 0 Å². The molecule has 1 atom stereocenters. The highest BCUT2D eigenvalue weighted by Crippen LogP contribution is 2.30. The van der Waals surface area contributed by atoms with Crippen LogP contribution in [0, 0.1) is 0 Å². The lowest BCUT2D eigenvalue weighted by Crippen LogP contribution is -2.32. The average Bonchev–Trinajstić information content (AvgIpc) is 2.66. The molecular formula is C13H15BrN2O3. The Bertz CT molecular complexity index is 609. The molecule has 0 aliphatic carbocycles. The molecule has 1 unspecified atom stereocenters. The van der Waals surface area contributed by atoms with E-state index in [9.17, 15) is 4.79 Å². The van der Waals surface area contributed by atoms with Gasteiger partial charge in [-0.05, 0) is 46.6 Å². The lowest BCUT2D eigenvalue weighted by atomic mass is 10.1. The lowest BCUT2D eigenvalue weighted by molar-refractivity contribution is -0.138. The summed E-state index contributed by atoms with van der Waals surface area (Å²) in [5, 5.41) is 9.83. The molecule has 1 heterocycles. The smallest absolute Gasteiger partial charge is 0.320 e. The van der Waals surface area contributed by atoms with E-state index in [1.807, 2.05) is 25.1 Å². The predicted molar refractivity (Wildman–Crippen MR) is 76.5 cm³/mol. The number of ether oxygens (including phenoxy) is 1. The Hall–Kier alpha value is -1.53. The van der Waals surface area contributed by atoms with Crippen molar-refractivity contribution in [3.8, 4) is 5.75 Å². The summed E-state index contributed by atoms with van der Waals surface area (Å²) in [6, 6.07) is 4.74. The highest BCUT2D eigenvalue weighted by Gasteiger charge is 2.18. The Kier molecular flexibility index (Phi) is 4.11. The number of aromatic nitrogens is 1. The van der Waals surface area contributed by atoms with Crippen molar-refractivity contribution in [1.82, 2.24) is 4.98 Å². The van der Waals surface area contributed by atoms with Crippen LogP contribution in [-0.2, 0) is 11.2 Å². The van der Waals surface area contributed by atoms with Gasteiger partial charge in [-0.2, -0.15) is 0 Å². The summed E-state index contributed by atoms with van der Waals surface area (Å²) >= 11 is 3.41. The number of aliphatic carboxylic acids is 1. The van der Waals surface area contributed by atoms with E-state index in [0.717, 1.165) is 26.8 Å². The van der Waals surface area contributed by atoms with Crippen LogP contribution in [0.25, 0.3) is 10.9 Å². The number of carboxylic acids is 1. The molecule has 5 nitrogen and oxygen atoms in total. The minimum Gasteiger partial charge on any atom is -0.494 e. The molecule has 2 aromatic rings. The molecule has 0 fully saturated rings. The van der Waals surface area contributed by atoms with E-state index >= 15 is 0 Å². The van der Waals surface area contributed by atoms with Gasteiger partial charge in [0, 0.05) is 17.3 Å². The molecule has 0 saturated carbocycles. The first-order valence-corrected chi connectivity index (χ1v) is 6.73. The van der Waals surface area contributed by atoms with Gasteiger partial charge in [-0.25, -0.2) is 0 Å². The van der Waals surface area contributed by atoms with Crippen LogP contribution in [0.15, 0.2) is 22.8 Å². The van der Waals surface area contributed by atoms with Crippen LogP contribution in [-0.4, -0.2) is 28.7 Å². The summed E-state index contributed by atoms with van der Waals surface area (Å²) in [5.41, 5.74) is 7.37. The summed E-state index contributed by atoms with van der Waals surface area (Å²) < 4.78 is 6.21. The Balaban J connectivity index is 2.43. The SMILES string of the molecule is CCOc1ccc2[nH]c(Br)c(CC(N)C(=O)O)c2c1. The molecule has 0 aliphatic heterocycles. The fourth-order valence-corrected chi connectivity index (χ4v) is 2.55. The Morgan fingerprint density at radius 1 is 1.58 bits per heavy atom. The second kappa shape index (κ2) is 5.63. The number of halogens is 1. The molecule has 102 valence electrons. The van der Waals surface area contributed by atoms with Crippen LogP contribution in [0.3, 0.4) is 0 Å². The molecule has 1 aromatic carbocycles. The number of aromatic amines is 1. The summed E-state index contributed by atoms with van der Waals surface area (Å²) in [4.78, 5) is 14.0. The van der Waals surface area contributed by atoms with E-state index in [4.69, 9.17) is 15.6 Å². The zero-order valence-electron chi connectivity index (χ0n) is 10.4. The lowest BCUT2D eigenvalue weighted by Gasteiger charge is -2.07. The minimum atomic E-state index is -1.01. The monoisotopic (exact) mass is 326 g/mol. The second-order valence-corrected chi connectivity index (χ2v) is 5.00. The van der Waals surface area contributed by atoms with Crippen LogP contribution in [0.1, 0.15) is 12.5 Å². The molecule has 4 N–H and O–H groups in total. The van der Waals surface area contributed by atoms with Crippen molar-refractivity contribution in [2.75, 3.05) is 6.61 Å².